The van der Waals surface area contributed by atoms with Gasteiger partial charge >= 0.3 is 0 Å². The number of hydrogen-bond acceptors (Lipinski definition) is 5. The van der Waals surface area contributed by atoms with E-state index in [1.807, 2.05) is 24.6 Å². The maximum absolute atomic E-state index is 6.24. The fraction of sp³-hybridized carbons (Fsp3) is 0.417. The Morgan fingerprint density at radius 3 is 2.83 bits per heavy atom. The van der Waals surface area contributed by atoms with Gasteiger partial charge in [0.2, 0.25) is 0 Å². The molecule has 1 unspecified atom stereocenters. The number of ether oxygens (including phenoxy) is 1. The normalized spacial score (nSPS) is 12.7. The van der Waals surface area contributed by atoms with Crippen LogP contribution in [0, 0.1) is 0 Å². The Kier molecular flexibility index (Phi) is 3.57. The van der Waals surface area contributed by atoms with Crippen molar-refractivity contribution in [2.45, 2.75) is 25.9 Å². The first-order chi connectivity index (χ1) is 8.65. The molecule has 0 aliphatic rings. The van der Waals surface area contributed by atoms with Crippen LogP contribution in [0.25, 0.3) is 0 Å². The molecule has 0 aliphatic heterocycles. The van der Waals surface area contributed by atoms with E-state index in [0.717, 1.165) is 11.4 Å². The van der Waals surface area contributed by atoms with E-state index in [9.17, 15) is 0 Å². The van der Waals surface area contributed by atoms with Gasteiger partial charge < -0.3 is 10.5 Å². The minimum Gasteiger partial charge on any atom is -0.495 e. The van der Waals surface area contributed by atoms with Crippen LogP contribution in [0.3, 0.4) is 0 Å². The summed E-state index contributed by atoms with van der Waals surface area (Å²) >= 11 is 0. The summed E-state index contributed by atoms with van der Waals surface area (Å²) in [6.45, 7) is 4.07. The molecule has 1 atom stereocenters. The first-order valence-electron chi connectivity index (χ1n) is 5.78. The largest absolute Gasteiger partial charge is 0.495 e. The average molecular weight is 247 g/mol. The van der Waals surface area contributed by atoms with E-state index in [1.165, 1.54) is 6.33 Å². The van der Waals surface area contributed by atoms with Gasteiger partial charge in [0.05, 0.1) is 19.3 Å². The smallest absolute Gasteiger partial charge is 0.148 e. The predicted octanol–water partition coefficient (Wildman–Crippen LogP) is 1.31. The lowest BCUT2D eigenvalue weighted by atomic mass is 10.1. The van der Waals surface area contributed by atoms with Gasteiger partial charge in [-0.2, -0.15) is 5.10 Å². The quantitative estimate of drug-likeness (QED) is 0.881. The van der Waals surface area contributed by atoms with Gasteiger partial charge in [-0.15, -0.1) is 0 Å². The summed E-state index contributed by atoms with van der Waals surface area (Å²) < 4.78 is 7.07. The summed E-state index contributed by atoms with van der Waals surface area (Å²) in [5.74, 6) is 1.37. The predicted molar refractivity (Wildman–Crippen MR) is 67.2 cm³/mol. The molecule has 0 aliphatic carbocycles. The zero-order valence-corrected chi connectivity index (χ0v) is 10.7. The average Bonchev–Trinajstić information content (AvgIpc) is 2.87. The van der Waals surface area contributed by atoms with Gasteiger partial charge in [-0.3, -0.25) is 4.98 Å². The van der Waals surface area contributed by atoms with Crippen molar-refractivity contribution in [3.63, 3.8) is 0 Å². The fourth-order valence-corrected chi connectivity index (χ4v) is 1.84. The van der Waals surface area contributed by atoms with Crippen molar-refractivity contribution >= 4 is 0 Å². The maximum atomic E-state index is 6.24. The summed E-state index contributed by atoms with van der Waals surface area (Å²) in [5.41, 5.74) is 7.09. The highest BCUT2D eigenvalue weighted by Gasteiger charge is 2.20. The minimum atomic E-state index is -0.382. The first-order valence-corrected chi connectivity index (χ1v) is 5.78. The van der Waals surface area contributed by atoms with Gasteiger partial charge in [0.25, 0.3) is 0 Å². The molecule has 0 aromatic carbocycles. The van der Waals surface area contributed by atoms with Crippen LogP contribution in [0.2, 0.25) is 0 Å². The van der Waals surface area contributed by atoms with E-state index in [-0.39, 0.29) is 12.1 Å². The number of pyridine rings is 1. The third kappa shape index (κ3) is 2.19. The van der Waals surface area contributed by atoms with Crippen LogP contribution in [0.15, 0.2) is 24.8 Å². The summed E-state index contributed by atoms with van der Waals surface area (Å²) in [5, 5.41) is 4.19. The first kappa shape index (κ1) is 12.5. The molecule has 2 aromatic heterocycles. The van der Waals surface area contributed by atoms with Gasteiger partial charge in [-0.1, -0.05) is 0 Å². The van der Waals surface area contributed by atoms with E-state index >= 15 is 0 Å². The molecule has 2 aromatic rings. The summed E-state index contributed by atoms with van der Waals surface area (Å²) in [6.07, 6.45) is 4.85. The van der Waals surface area contributed by atoms with Gasteiger partial charge in [0.15, 0.2) is 0 Å². The lowest BCUT2D eigenvalue weighted by molar-refractivity contribution is 0.403. The minimum absolute atomic E-state index is 0.210. The van der Waals surface area contributed by atoms with Crippen LogP contribution < -0.4 is 10.5 Å². The molecule has 0 bridgehead atoms. The number of rotatable bonds is 4. The summed E-state index contributed by atoms with van der Waals surface area (Å²) in [7, 11) is 1.60. The third-order valence-electron chi connectivity index (χ3n) is 2.74. The molecule has 0 fully saturated rings. The number of nitrogens with two attached hydrogens (primary N) is 1. The topological polar surface area (TPSA) is 78.8 Å². The molecular weight excluding hydrogens is 230 g/mol. The standard InChI is InChI=1S/C12H17N5O/c1-8(2)17-12(15-7-16-17)11(13)9-4-5-14-6-10(9)18-3/h4-8,11H,13H2,1-3H3. The van der Waals surface area contributed by atoms with Crippen molar-refractivity contribution in [1.82, 2.24) is 19.7 Å². The van der Waals surface area contributed by atoms with E-state index in [4.69, 9.17) is 10.5 Å². The van der Waals surface area contributed by atoms with E-state index in [1.54, 1.807) is 19.5 Å². The number of nitrogens with zero attached hydrogens (tertiary/aromatic N) is 4. The molecule has 0 radical (unpaired) electrons. The molecule has 2 heterocycles. The lowest BCUT2D eigenvalue weighted by Gasteiger charge is -2.17. The second-order valence-electron chi connectivity index (χ2n) is 4.25. The molecule has 6 heteroatoms. The van der Waals surface area contributed by atoms with Gasteiger partial charge in [0, 0.05) is 17.8 Å². The van der Waals surface area contributed by atoms with Crippen molar-refractivity contribution in [2.75, 3.05) is 7.11 Å². The second-order valence-corrected chi connectivity index (χ2v) is 4.25. The van der Waals surface area contributed by atoms with Crippen molar-refractivity contribution in [3.05, 3.63) is 36.2 Å². The van der Waals surface area contributed by atoms with E-state index in [2.05, 4.69) is 15.1 Å². The molecule has 2 N–H and O–H groups in total. The van der Waals surface area contributed by atoms with Crippen molar-refractivity contribution in [3.8, 4) is 5.75 Å². The number of aromatic nitrogens is 4. The van der Waals surface area contributed by atoms with Crippen LogP contribution in [0.4, 0.5) is 0 Å². The summed E-state index contributed by atoms with van der Waals surface area (Å²) in [4.78, 5) is 8.25. The van der Waals surface area contributed by atoms with Crippen molar-refractivity contribution in [1.29, 1.82) is 0 Å². The molecule has 0 amide bonds. The Bertz CT molecular complexity index is 523. The van der Waals surface area contributed by atoms with Crippen molar-refractivity contribution < 1.29 is 4.74 Å². The van der Waals surface area contributed by atoms with E-state index in [0.29, 0.717) is 5.75 Å². The molecule has 0 spiro atoms. The van der Waals surface area contributed by atoms with Gasteiger partial charge in [-0.25, -0.2) is 9.67 Å². The Morgan fingerprint density at radius 2 is 2.17 bits per heavy atom. The third-order valence-corrected chi connectivity index (χ3v) is 2.74. The van der Waals surface area contributed by atoms with Crippen LogP contribution in [-0.4, -0.2) is 26.9 Å². The fourth-order valence-electron chi connectivity index (χ4n) is 1.84. The molecule has 2 rings (SSSR count). The highest BCUT2D eigenvalue weighted by atomic mass is 16.5. The molecule has 18 heavy (non-hydrogen) atoms. The maximum Gasteiger partial charge on any atom is 0.148 e. The Hall–Kier alpha value is -1.95. The Morgan fingerprint density at radius 1 is 1.39 bits per heavy atom. The molecule has 0 saturated heterocycles. The molecule has 0 saturated carbocycles. The Balaban J connectivity index is 2.41. The van der Waals surface area contributed by atoms with Crippen molar-refractivity contribution in [2.24, 2.45) is 5.73 Å². The van der Waals surface area contributed by atoms with Crippen LogP contribution >= 0.6 is 0 Å². The highest BCUT2D eigenvalue weighted by molar-refractivity contribution is 5.35. The molecule has 6 nitrogen and oxygen atoms in total. The SMILES string of the molecule is COc1cnccc1C(N)c1ncnn1C(C)C. The lowest BCUT2D eigenvalue weighted by Crippen LogP contribution is -2.20. The molecule has 96 valence electrons. The van der Waals surface area contributed by atoms with Crippen LogP contribution in [0.5, 0.6) is 5.75 Å². The van der Waals surface area contributed by atoms with Gasteiger partial charge in [0.1, 0.15) is 17.9 Å². The highest BCUT2D eigenvalue weighted by Crippen LogP contribution is 2.26. The zero-order valence-electron chi connectivity index (χ0n) is 10.7. The summed E-state index contributed by atoms with van der Waals surface area (Å²) in [6, 6.07) is 1.66. The van der Waals surface area contributed by atoms with Gasteiger partial charge in [-0.05, 0) is 19.9 Å². The van der Waals surface area contributed by atoms with E-state index < -0.39 is 0 Å². The zero-order chi connectivity index (χ0) is 13.1. The monoisotopic (exact) mass is 247 g/mol. The molecular formula is C12H17N5O. The number of methoxy groups -OCH3 is 1. The van der Waals surface area contributed by atoms with Crippen LogP contribution in [-0.2, 0) is 0 Å². The second kappa shape index (κ2) is 5.14. The number of hydrogen-bond donors (Lipinski definition) is 1. The Labute approximate surface area is 106 Å². The van der Waals surface area contributed by atoms with Crippen LogP contribution in [0.1, 0.15) is 37.3 Å².